The Hall–Kier alpha value is -0.280. The summed E-state index contributed by atoms with van der Waals surface area (Å²) in [5, 5.41) is 0. The van der Waals surface area contributed by atoms with E-state index in [0.717, 1.165) is 0 Å². The van der Waals surface area contributed by atoms with Crippen LogP contribution in [0.5, 0.6) is 0 Å². The zero-order valence-corrected chi connectivity index (χ0v) is 5.32. The summed E-state index contributed by atoms with van der Waals surface area (Å²) < 4.78 is 0. The summed E-state index contributed by atoms with van der Waals surface area (Å²) in [6.07, 6.45) is 1.12. The molecule has 0 rings (SSSR count). The van der Waals surface area contributed by atoms with Crippen LogP contribution in [-0.2, 0) is 4.79 Å². The number of primary amides is 1. The molecule has 0 radical (unpaired) electrons. The molecule has 0 aliphatic rings. The molecule has 0 bridgehead atoms. The summed E-state index contributed by atoms with van der Waals surface area (Å²) in [6.45, 7) is 0.545. The van der Waals surface area contributed by atoms with Crippen LogP contribution in [0.3, 0.4) is 0 Å². The Bertz CT molecular complexity index is 67.1. The Balaban J connectivity index is 0. The molecule has 3 nitrogen and oxygen atoms in total. The molecule has 8 heavy (non-hydrogen) atoms. The molecule has 0 aromatic rings. The van der Waals surface area contributed by atoms with E-state index >= 15 is 0 Å². The highest BCUT2D eigenvalue weighted by Crippen LogP contribution is 1.80. The molecule has 4 N–H and O–H groups in total. The average molecular weight is 138 g/mol. The number of carbonyl (C=O) groups is 1. The van der Waals surface area contributed by atoms with Crippen molar-refractivity contribution in [3.8, 4) is 0 Å². The summed E-state index contributed by atoms with van der Waals surface area (Å²) in [7, 11) is 0. The number of amides is 1. The van der Waals surface area contributed by atoms with Crippen LogP contribution in [0.25, 0.3) is 0 Å². The molecule has 4 heteroatoms. The first-order valence-corrected chi connectivity index (χ1v) is 2.25. The fourth-order valence-electron chi connectivity index (χ4n) is 0.276. The lowest BCUT2D eigenvalue weighted by molar-refractivity contribution is -0.118. The summed E-state index contributed by atoms with van der Waals surface area (Å²) >= 11 is 0. The second kappa shape index (κ2) is 6.72. The monoisotopic (exact) mass is 137 g/mol. The highest BCUT2D eigenvalue weighted by molar-refractivity contribution is 5.73. The third-order valence-electron chi connectivity index (χ3n) is 0.627. The van der Waals surface area contributed by atoms with Gasteiger partial charge in [-0.25, -0.2) is 0 Å². The smallest absolute Gasteiger partial charge is 0.217 e. The van der Waals surface area contributed by atoms with Crippen LogP contribution in [0, 0.1) is 0 Å². The third-order valence-corrected chi connectivity index (χ3v) is 0.627. The minimum absolute atomic E-state index is 0. The number of halogens is 1. The molecule has 0 heterocycles. The van der Waals surface area contributed by atoms with E-state index in [1.54, 1.807) is 0 Å². The van der Waals surface area contributed by atoms with Gasteiger partial charge in [-0.05, 0) is 13.0 Å². The lowest BCUT2D eigenvalue weighted by Crippen LogP contribution is -3.00. The molecule has 0 aliphatic heterocycles. The van der Waals surface area contributed by atoms with Crippen molar-refractivity contribution in [1.82, 2.24) is 0 Å². The SMILES string of the molecule is NCCCC(N)=O.[Cl-]. The number of hydrogen-bond acceptors (Lipinski definition) is 2. The average Bonchev–Trinajstić information content (AvgIpc) is 1.61. The van der Waals surface area contributed by atoms with Gasteiger partial charge in [0.1, 0.15) is 0 Å². The fraction of sp³-hybridized carbons (Fsp3) is 0.750. The van der Waals surface area contributed by atoms with Crippen LogP contribution in [0.15, 0.2) is 0 Å². The Kier molecular flexibility index (Phi) is 8.95. The molecule has 1 amide bonds. The normalized spacial score (nSPS) is 7.62. The second-order valence-corrected chi connectivity index (χ2v) is 1.36. The lowest BCUT2D eigenvalue weighted by atomic mass is 10.3. The summed E-state index contributed by atoms with van der Waals surface area (Å²) in [5.41, 5.74) is 9.85. The molecule has 0 spiro atoms. The van der Waals surface area contributed by atoms with Gasteiger partial charge >= 0.3 is 0 Å². The van der Waals surface area contributed by atoms with Crippen LogP contribution in [0.1, 0.15) is 12.8 Å². The molecular weight excluding hydrogens is 128 g/mol. The van der Waals surface area contributed by atoms with Gasteiger partial charge in [0.2, 0.25) is 5.91 Å². The largest absolute Gasteiger partial charge is 1.00 e. The van der Waals surface area contributed by atoms with E-state index in [9.17, 15) is 4.79 Å². The van der Waals surface area contributed by atoms with Crippen LogP contribution in [0.4, 0.5) is 0 Å². The predicted molar refractivity (Wildman–Crippen MR) is 27.5 cm³/mol. The molecule has 0 saturated heterocycles. The van der Waals surface area contributed by atoms with Crippen molar-refractivity contribution < 1.29 is 17.2 Å². The predicted octanol–water partition coefficient (Wildman–Crippen LogP) is -3.79. The molecular formula is C4H10ClN2O-. The Labute approximate surface area is 54.8 Å². The molecule has 0 aromatic carbocycles. The van der Waals surface area contributed by atoms with Crippen molar-refractivity contribution in [1.29, 1.82) is 0 Å². The van der Waals surface area contributed by atoms with Gasteiger partial charge in [0.25, 0.3) is 0 Å². The van der Waals surface area contributed by atoms with Gasteiger partial charge in [-0.2, -0.15) is 0 Å². The number of carbonyl (C=O) groups excluding carboxylic acids is 1. The van der Waals surface area contributed by atoms with Gasteiger partial charge < -0.3 is 23.9 Å². The standard InChI is InChI=1S/C4H10N2O.ClH/c5-3-1-2-4(6)7;/h1-3,5H2,(H2,6,7);1H/p-1. The number of nitrogens with two attached hydrogens (primary N) is 2. The molecule has 0 aromatic heterocycles. The van der Waals surface area contributed by atoms with Crippen LogP contribution >= 0.6 is 0 Å². The summed E-state index contributed by atoms with van der Waals surface area (Å²) in [5.74, 6) is -0.273. The fourth-order valence-corrected chi connectivity index (χ4v) is 0.276. The van der Waals surface area contributed by atoms with Gasteiger partial charge in [0.05, 0.1) is 0 Å². The minimum atomic E-state index is -0.273. The van der Waals surface area contributed by atoms with Gasteiger partial charge in [-0.15, -0.1) is 0 Å². The highest BCUT2D eigenvalue weighted by Gasteiger charge is 1.88. The molecule has 0 saturated carbocycles. The van der Waals surface area contributed by atoms with E-state index < -0.39 is 0 Å². The van der Waals surface area contributed by atoms with Gasteiger partial charge in [-0.3, -0.25) is 4.79 Å². The van der Waals surface area contributed by atoms with E-state index in [4.69, 9.17) is 11.5 Å². The first-order valence-electron chi connectivity index (χ1n) is 2.25. The van der Waals surface area contributed by atoms with Crippen LogP contribution < -0.4 is 23.9 Å². The zero-order chi connectivity index (χ0) is 5.70. The highest BCUT2D eigenvalue weighted by atomic mass is 35.5. The zero-order valence-electron chi connectivity index (χ0n) is 4.56. The van der Waals surface area contributed by atoms with Gasteiger partial charge in [-0.1, -0.05) is 0 Å². The van der Waals surface area contributed by atoms with Crippen molar-refractivity contribution in [2.75, 3.05) is 6.54 Å². The maximum Gasteiger partial charge on any atom is 0.217 e. The van der Waals surface area contributed by atoms with E-state index in [2.05, 4.69) is 0 Å². The van der Waals surface area contributed by atoms with Crippen LogP contribution in [0.2, 0.25) is 0 Å². The van der Waals surface area contributed by atoms with E-state index in [1.165, 1.54) is 0 Å². The van der Waals surface area contributed by atoms with E-state index in [0.29, 0.717) is 19.4 Å². The Morgan fingerprint density at radius 3 is 2.12 bits per heavy atom. The summed E-state index contributed by atoms with van der Waals surface area (Å²) in [6, 6.07) is 0. The van der Waals surface area contributed by atoms with E-state index in [1.807, 2.05) is 0 Å². The van der Waals surface area contributed by atoms with Gasteiger partial charge in [0.15, 0.2) is 0 Å². The minimum Gasteiger partial charge on any atom is -1.00 e. The summed E-state index contributed by atoms with van der Waals surface area (Å²) in [4.78, 5) is 9.92. The molecule has 0 fully saturated rings. The van der Waals surface area contributed by atoms with Crippen molar-refractivity contribution in [2.24, 2.45) is 11.5 Å². The Morgan fingerprint density at radius 1 is 1.50 bits per heavy atom. The maximum atomic E-state index is 9.92. The van der Waals surface area contributed by atoms with Crippen molar-refractivity contribution in [3.63, 3.8) is 0 Å². The van der Waals surface area contributed by atoms with Crippen molar-refractivity contribution in [3.05, 3.63) is 0 Å². The second-order valence-electron chi connectivity index (χ2n) is 1.36. The quantitative estimate of drug-likeness (QED) is 0.419. The van der Waals surface area contributed by atoms with Gasteiger partial charge in [0, 0.05) is 6.42 Å². The van der Waals surface area contributed by atoms with Crippen molar-refractivity contribution >= 4 is 5.91 Å². The number of hydrogen-bond donors (Lipinski definition) is 2. The Morgan fingerprint density at radius 2 is 2.00 bits per heavy atom. The number of rotatable bonds is 3. The molecule has 0 unspecified atom stereocenters. The lowest BCUT2D eigenvalue weighted by Gasteiger charge is -1.87. The van der Waals surface area contributed by atoms with Crippen LogP contribution in [-0.4, -0.2) is 12.5 Å². The molecule has 50 valence electrons. The maximum absolute atomic E-state index is 9.92. The first kappa shape index (κ1) is 10.7. The first-order chi connectivity index (χ1) is 3.27. The molecule has 0 atom stereocenters. The third kappa shape index (κ3) is 9.21. The molecule has 0 aliphatic carbocycles. The van der Waals surface area contributed by atoms with E-state index in [-0.39, 0.29) is 18.3 Å². The van der Waals surface area contributed by atoms with Crippen molar-refractivity contribution in [2.45, 2.75) is 12.8 Å². The topological polar surface area (TPSA) is 69.1 Å².